The third-order valence-corrected chi connectivity index (χ3v) is 4.85. The molecule has 3 N–H and O–H groups in total. The molecule has 1 aromatic carbocycles. The standard InChI is InChI=1S/C21H24FN7/c1-15(16-2-4-17(22)5-3-16)26-19-12-18(29-10-8-23-9-11-29)13-20(27-19)28-21-14-24-6-7-25-21/h2-7,12-15,23H,8-11H2,1H3,(H2,25,26,27,28)/t15-/m0/s1. The molecule has 1 saturated heterocycles. The monoisotopic (exact) mass is 393 g/mol. The summed E-state index contributed by atoms with van der Waals surface area (Å²) in [7, 11) is 0. The predicted molar refractivity (Wildman–Crippen MR) is 113 cm³/mol. The Hall–Kier alpha value is -3.26. The Kier molecular flexibility index (Phi) is 5.81. The summed E-state index contributed by atoms with van der Waals surface area (Å²) in [5, 5.41) is 10.0. The van der Waals surface area contributed by atoms with Crippen molar-refractivity contribution in [2.45, 2.75) is 13.0 Å². The molecule has 0 amide bonds. The maximum absolute atomic E-state index is 13.2. The molecule has 3 aromatic rings. The number of pyridine rings is 1. The van der Waals surface area contributed by atoms with Gasteiger partial charge in [-0.2, -0.15) is 0 Å². The van der Waals surface area contributed by atoms with Crippen LogP contribution in [0.25, 0.3) is 0 Å². The average Bonchev–Trinajstić information content (AvgIpc) is 2.75. The number of nitrogens with zero attached hydrogens (tertiary/aromatic N) is 4. The molecule has 2 aromatic heterocycles. The number of anilines is 4. The van der Waals surface area contributed by atoms with E-state index >= 15 is 0 Å². The molecule has 0 aliphatic carbocycles. The number of hydrogen-bond acceptors (Lipinski definition) is 7. The van der Waals surface area contributed by atoms with E-state index in [0.717, 1.165) is 43.2 Å². The van der Waals surface area contributed by atoms with Gasteiger partial charge in [-0.3, -0.25) is 4.98 Å². The molecule has 1 aliphatic heterocycles. The van der Waals surface area contributed by atoms with Gasteiger partial charge < -0.3 is 20.9 Å². The van der Waals surface area contributed by atoms with Gasteiger partial charge in [-0.1, -0.05) is 12.1 Å². The van der Waals surface area contributed by atoms with Gasteiger partial charge in [0, 0.05) is 62.4 Å². The first-order valence-electron chi connectivity index (χ1n) is 9.70. The summed E-state index contributed by atoms with van der Waals surface area (Å²) < 4.78 is 13.2. The fourth-order valence-corrected chi connectivity index (χ4v) is 3.31. The smallest absolute Gasteiger partial charge is 0.150 e. The zero-order valence-corrected chi connectivity index (χ0v) is 16.3. The quantitative estimate of drug-likeness (QED) is 0.593. The molecule has 1 aliphatic rings. The summed E-state index contributed by atoms with van der Waals surface area (Å²) in [5.74, 6) is 1.82. The second kappa shape index (κ2) is 8.83. The van der Waals surface area contributed by atoms with E-state index in [1.165, 1.54) is 12.1 Å². The number of hydrogen-bond donors (Lipinski definition) is 3. The average molecular weight is 393 g/mol. The highest BCUT2D eigenvalue weighted by molar-refractivity contribution is 5.65. The van der Waals surface area contributed by atoms with E-state index in [0.29, 0.717) is 11.6 Å². The van der Waals surface area contributed by atoms with Crippen molar-refractivity contribution in [2.75, 3.05) is 41.7 Å². The zero-order valence-electron chi connectivity index (χ0n) is 16.3. The number of piperazine rings is 1. The Bertz CT molecular complexity index is 928. The van der Waals surface area contributed by atoms with Crippen LogP contribution in [-0.2, 0) is 0 Å². The van der Waals surface area contributed by atoms with Crippen LogP contribution in [0.1, 0.15) is 18.5 Å². The van der Waals surface area contributed by atoms with Gasteiger partial charge in [0.1, 0.15) is 23.3 Å². The van der Waals surface area contributed by atoms with Gasteiger partial charge in [0.2, 0.25) is 0 Å². The third kappa shape index (κ3) is 4.97. The van der Waals surface area contributed by atoms with E-state index in [1.807, 2.05) is 19.1 Å². The molecule has 1 fully saturated rings. The summed E-state index contributed by atoms with van der Waals surface area (Å²) in [5.41, 5.74) is 2.07. The lowest BCUT2D eigenvalue weighted by atomic mass is 10.1. The highest BCUT2D eigenvalue weighted by Crippen LogP contribution is 2.27. The molecular weight excluding hydrogens is 369 g/mol. The van der Waals surface area contributed by atoms with E-state index in [2.05, 4.69) is 30.8 Å². The maximum Gasteiger partial charge on any atom is 0.150 e. The predicted octanol–water partition coefficient (Wildman–Crippen LogP) is 3.34. The minimum Gasteiger partial charge on any atom is -0.369 e. The van der Waals surface area contributed by atoms with Crippen molar-refractivity contribution in [3.63, 3.8) is 0 Å². The van der Waals surface area contributed by atoms with Crippen molar-refractivity contribution >= 4 is 23.1 Å². The first-order chi connectivity index (χ1) is 14.2. The Morgan fingerprint density at radius 3 is 2.52 bits per heavy atom. The van der Waals surface area contributed by atoms with Crippen molar-refractivity contribution < 1.29 is 4.39 Å². The molecule has 0 spiro atoms. The second-order valence-corrected chi connectivity index (χ2v) is 6.97. The Labute approximate surface area is 169 Å². The fraction of sp³-hybridized carbons (Fsp3) is 0.286. The van der Waals surface area contributed by atoms with Gasteiger partial charge in [0.25, 0.3) is 0 Å². The highest BCUT2D eigenvalue weighted by atomic mass is 19.1. The Morgan fingerprint density at radius 1 is 1.03 bits per heavy atom. The molecule has 150 valence electrons. The van der Waals surface area contributed by atoms with Crippen LogP contribution in [0.2, 0.25) is 0 Å². The molecule has 29 heavy (non-hydrogen) atoms. The van der Waals surface area contributed by atoms with Crippen LogP contribution in [-0.4, -0.2) is 41.1 Å². The third-order valence-electron chi connectivity index (χ3n) is 4.85. The number of rotatable bonds is 6. The topological polar surface area (TPSA) is 78.0 Å². The molecule has 0 bridgehead atoms. The van der Waals surface area contributed by atoms with Crippen LogP contribution >= 0.6 is 0 Å². The van der Waals surface area contributed by atoms with Crippen LogP contribution in [0.3, 0.4) is 0 Å². The summed E-state index contributed by atoms with van der Waals surface area (Å²) in [6, 6.07) is 10.6. The lowest BCUT2D eigenvalue weighted by Gasteiger charge is -2.30. The van der Waals surface area contributed by atoms with Crippen molar-refractivity contribution in [1.29, 1.82) is 0 Å². The van der Waals surface area contributed by atoms with Gasteiger partial charge in [0.15, 0.2) is 0 Å². The van der Waals surface area contributed by atoms with Gasteiger partial charge in [-0.15, -0.1) is 0 Å². The Morgan fingerprint density at radius 2 is 1.79 bits per heavy atom. The van der Waals surface area contributed by atoms with Crippen molar-refractivity contribution in [2.24, 2.45) is 0 Å². The van der Waals surface area contributed by atoms with Crippen molar-refractivity contribution in [3.05, 3.63) is 66.4 Å². The van der Waals surface area contributed by atoms with Gasteiger partial charge in [-0.25, -0.2) is 14.4 Å². The van der Waals surface area contributed by atoms with Crippen LogP contribution in [0.15, 0.2) is 55.0 Å². The van der Waals surface area contributed by atoms with Crippen LogP contribution in [0.5, 0.6) is 0 Å². The Balaban J connectivity index is 1.60. The summed E-state index contributed by atoms with van der Waals surface area (Å²) >= 11 is 0. The SMILES string of the molecule is C[C@H](Nc1cc(N2CCNCC2)cc(Nc2cnccn2)n1)c1ccc(F)cc1. The van der Waals surface area contributed by atoms with Gasteiger partial charge in [0.05, 0.1) is 6.20 Å². The minimum atomic E-state index is -0.241. The first kappa shape index (κ1) is 19.1. The fourth-order valence-electron chi connectivity index (χ4n) is 3.31. The lowest BCUT2D eigenvalue weighted by Crippen LogP contribution is -2.43. The second-order valence-electron chi connectivity index (χ2n) is 6.97. The number of nitrogens with one attached hydrogen (secondary N) is 3. The van der Waals surface area contributed by atoms with E-state index in [1.54, 1.807) is 30.7 Å². The molecule has 8 heteroatoms. The van der Waals surface area contributed by atoms with E-state index in [-0.39, 0.29) is 11.9 Å². The molecule has 0 saturated carbocycles. The first-order valence-corrected chi connectivity index (χ1v) is 9.70. The normalized spacial score (nSPS) is 15.0. The largest absolute Gasteiger partial charge is 0.369 e. The molecule has 7 nitrogen and oxygen atoms in total. The van der Waals surface area contributed by atoms with E-state index in [4.69, 9.17) is 4.98 Å². The summed E-state index contributed by atoms with van der Waals surface area (Å²) in [6.45, 7) is 5.79. The lowest BCUT2D eigenvalue weighted by molar-refractivity contribution is 0.589. The molecule has 1 atom stereocenters. The molecule has 0 unspecified atom stereocenters. The minimum absolute atomic E-state index is 0.0225. The maximum atomic E-state index is 13.2. The number of halogens is 1. The van der Waals surface area contributed by atoms with E-state index in [9.17, 15) is 4.39 Å². The van der Waals surface area contributed by atoms with Crippen LogP contribution < -0.4 is 20.9 Å². The van der Waals surface area contributed by atoms with Crippen LogP contribution in [0.4, 0.5) is 27.5 Å². The van der Waals surface area contributed by atoms with Crippen LogP contribution in [0, 0.1) is 5.82 Å². The van der Waals surface area contributed by atoms with E-state index < -0.39 is 0 Å². The van der Waals surface area contributed by atoms with Gasteiger partial charge in [-0.05, 0) is 24.6 Å². The molecule has 0 radical (unpaired) electrons. The number of benzene rings is 1. The zero-order chi connectivity index (χ0) is 20.1. The summed E-state index contributed by atoms with van der Waals surface area (Å²) in [4.78, 5) is 15.4. The highest BCUT2D eigenvalue weighted by Gasteiger charge is 2.15. The molecule has 3 heterocycles. The van der Waals surface area contributed by atoms with Crippen molar-refractivity contribution in [1.82, 2.24) is 20.3 Å². The number of aromatic nitrogens is 3. The molecule has 4 rings (SSSR count). The molecular formula is C21H24FN7. The van der Waals surface area contributed by atoms with Gasteiger partial charge >= 0.3 is 0 Å². The summed E-state index contributed by atoms with van der Waals surface area (Å²) in [6.07, 6.45) is 4.93. The van der Waals surface area contributed by atoms with Crippen molar-refractivity contribution in [3.8, 4) is 0 Å².